The third-order valence-electron chi connectivity index (χ3n) is 3.70. The highest BCUT2D eigenvalue weighted by Gasteiger charge is 1.90. The van der Waals surface area contributed by atoms with Crippen LogP contribution in [0.15, 0.2) is 60.8 Å². The fourth-order valence-corrected chi connectivity index (χ4v) is 2.22. The largest absolute Gasteiger partial charge is 0.0888 e. The number of hydrogen-bond donors (Lipinski definition) is 0. The van der Waals surface area contributed by atoms with E-state index < -0.39 is 0 Å². The lowest BCUT2D eigenvalue weighted by atomic mass is 10.1. The summed E-state index contributed by atoms with van der Waals surface area (Å²) in [7, 11) is 0. The molecule has 0 saturated heterocycles. The minimum atomic E-state index is 0.625. The maximum absolute atomic E-state index is 2.33. The van der Waals surface area contributed by atoms with E-state index in [0.29, 0.717) is 5.92 Å². The summed E-state index contributed by atoms with van der Waals surface area (Å²) in [5, 5.41) is 0. The Kier molecular flexibility index (Phi) is 17.7. The summed E-state index contributed by atoms with van der Waals surface area (Å²) in [6.07, 6.45) is 33.5. The van der Waals surface area contributed by atoms with E-state index in [1.165, 1.54) is 32.1 Å². The molecule has 0 aromatic heterocycles. The molecular formula is C23H38. The standard InChI is InChI=1S/C23H38/c1-4-6-8-9-10-11-12-13-14-15-16-17-18-20-22-23(3)21-19-7-5-2/h7,11-12,14-15,17-20,22-23H,4-6,8-10,13,16,21H2,1-3H3/b12-11-,15-14-,18-17-,19-7-,22-20+. The number of unbranched alkanes of at least 4 members (excludes halogenated alkanes) is 4. The Bertz CT molecular complexity index is 365. The molecule has 0 spiro atoms. The van der Waals surface area contributed by atoms with Crippen LogP contribution in [0.4, 0.5) is 0 Å². The lowest BCUT2D eigenvalue weighted by Crippen LogP contribution is -1.84. The molecule has 1 atom stereocenters. The normalized spacial score (nSPS) is 14.4. The molecule has 0 fully saturated rings. The van der Waals surface area contributed by atoms with Crippen LogP contribution in [-0.4, -0.2) is 0 Å². The van der Waals surface area contributed by atoms with Crippen molar-refractivity contribution in [2.24, 2.45) is 5.92 Å². The number of rotatable bonds is 14. The fraction of sp³-hybridized carbons (Fsp3) is 0.565. The molecule has 0 N–H and O–H groups in total. The summed E-state index contributed by atoms with van der Waals surface area (Å²) in [5.74, 6) is 0.625. The molecule has 0 bridgehead atoms. The predicted molar refractivity (Wildman–Crippen MR) is 108 cm³/mol. The van der Waals surface area contributed by atoms with Gasteiger partial charge in [0.2, 0.25) is 0 Å². The Balaban J connectivity index is 3.57. The van der Waals surface area contributed by atoms with Gasteiger partial charge in [0, 0.05) is 0 Å². The summed E-state index contributed by atoms with van der Waals surface area (Å²) in [5.41, 5.74) is 0. The second-order valence-electron chi connectivity index (χ2n) is 6.17. The van der Waals surface area contributed by atoms with Crippen molar-refractivity contribution in [3.05, 3.63) is 60.8 Å². The Morgan fingerprint density at radius 1 is 0.696 bits per heavy atom. The average Bonchev–Trinajstić information content (AvgIpc) is 2.55. The molecule has 23 heavy (non-hydrogen) atoms. The molecule has 0 aromatic rings. The van der Waals surface area contributed by atoms with Crippen molar-refractivity contribution in [1.82, 2.24) is 0 Å². The maximum atomic E-state index is 2.33. The van der Waals surface area contributed by atoms with Gasteiger partial charge in [-0.25, -0.2) is 0 Å². The van der Waals surface area contributed by atoms with Gasteiger partial charge in [0.15, 0.2) is 0 Å². The van der Waals surface area contributed by atoms with Gasteiger partial charge in [0.25, 0.3) is 0 Å². The van der Waals surface area contributed by atoms with Gasteiger partial charge >= 0.3 is 0 Å². The van der Waals surface area contributed by atoms with Crippen molar-refractivity contribution in [2.45, 2.75) is 78.6 Å². The van der Waals surface area contributed by atoms with Crippen LogP contribution < -0.4 is 0 Å². The smallest absolute Gasteiger partial charge is 0.0166 e. The summed E-state index contributed by atoms with van der Waals surface area (Å²) < 4.78 is 0. The van der Waals surface area contributed by atoms with Crippen LogP contribution in [-0.2, 0) is 0 Å². The molecule has 0 aliphatic rings. The molecule has 0 amide bonds. The van der Waals surface area contributed by atoms with E-state index in [2.05, 4.69) is 81.5 Å². The van der Waals surface area contributed by atoms with Crippen LogP contribution in [0.25, 0.3) is 0 Å². The second-order valence-corrected chi connectivity index (χ2v) is 6.17. The quantitative estimate of drug-likeness (QED) is 0.173. The molecule has 0 aromatic carbocycles. The van der Waals surface area contributed by atoms with Gasteiger partial charge in [0.1, 0.15) is 0 Å². The Hall–Kier alpha value is -1.30. The highest BCUT2D eigenvalue weighted by atomic mass is 14.0. The zero-order chi connectivity index (χ0) is 17.0. The molecule has 130 valence electrons. The van der Waals surface area contributed by atoms with Crippen molar-refractivity contribution in [1.29, 1.82) is 0 Å². The monoisotopic (exact) mass is 314 g/mol. The summed E-state index contributed by atoms with van der Waals surface area (Å²) in [6, 6.07) is 0. The maximum Gasteiger partial charge on any atom is -0.0166 e. The van der Waals surface area contributed by atoms with Crippen molar-refractivity contribution < 1.29 is 0 Å². The van der Waals surface area contributed by atoms with E-state index >= 15 is 0 Å². The van der Waals surface area contributed by atoms with Gasteiger partial charge in [-0.15, -0.1) is 0 Å². The molecule has 0 aliphatic carbocycles. The van der Waals surface area contributed by atoms with Crippen LogP contribution in [0.3, 0.4) is 0 Å². The third kappa shape index (κ3) is 18.7. The highest BCUT2D eigenvalue weighted by Crippen LogP contribution is 2.05. The summed E-state index contributed by atoms with van der Waals surface area (Å²) in [4.78, 5) is 0. The van der Waals surface area contributed by atoms with Gasteiger partial charge in [-0.2, -0.15) is 0 Å². The molecule has 0 heterocycles. The Labute approximate surface area is 145 Å². The Morgan fingerprint density at radius 3 is 2.17 bits per heavy atom. The topological polar surface area (TPSA) is 0 Å². The third-order valence-corrected chi connectivity index (χ3v) is 3.70. The van der Waals surface area contributed by atoms with E-state index in [0.717, 1.165) is 25.7 Å². The van der Waals surface area contributed by atoms with Gasteiger partial charge in [-0.1, -0.05) is 101 Å². The van der Waals surface area contributed by atoms with E-state index in [9.17, 15) is 0 Å². The van der Waals surface area contributed by atoms with Crippen LogP contribution in [0.1, 0.15) is 78.6 Å². The van der Waals surface area contributed by atoms with E-state index in [1.807, 2.05) is 0 Å². The second kappa shape index (κ2) is 18.7. The van der Waals surface area contributed by atoms with Crippen molar-refractivity contribution in [3.63, 3.8) is 0 Å². The van der Waals surface area contributed by atoms with Gasteiger partial charge in [-0.3, -0.25) is 0 Å². The van der Waals surface area contributed by atoms with Crippen LogP contribution >= 0.6 is 0 Å². The number of allylic oxidation sites excluding steroid dienone is 10. The first-order valence-corrected chi connectivity index (χ1v) is 9.59. The van der Waals surface area contributed by atoms with Crippen LogP contribution in [0.5, 0.6) is 0 Å². The fourth-order valence-electron chi connectivity index (χ4n) is 2.22. The Morgan fingerprint density at radius 2 is 1.43 bits per heavy atom. The van der Waals surface area contributed by atoms with Crippen LogP contribution in [0, 0.1) is 5.92 Å². The first kappa shape index (κ1) is 21.7. The molecular weight excluding hydrogens is 276 g/mol. The van der Waals surface area contributed by atoms with E-state index in [-0.39, 0.29) is 0 Å². The molecule has 0 radical (unpaired) electrons. The molecule has 0 rings (SSSR count). The minimum Gasteiger partial charge on any atom is -0.0888 e. The lowest BCUT2D eigenvalue weighted by Gasteiger charge is -1.99. The van der Waals surface area contributed by atoms with Crippen molar-refractivity contribution in [3.8, 4) is 0 Å². The molecule has 0 heteroatoms. The molecule has 0 nitrogen and oxygen atoms in total. The molecule has 0 saturated carbocycles. The first-order chi connectivity index (χ1) is 11.3. The van der Waals surface area contributed by atoms with E-state index in [1.54, 1.807) is 0 Å². The van der Waals surface area contributed by atoms with Gasteiger partial charge in [0.05, 0.1) is 0 Å². The average molecular weight is 315 g/mol. The lowest BCUT2D eigenvalue weighted by molar-refractivity contribution is 0.674. The van der Waals surface area contributed by atoms with E-state index in [4.69, 9.17) is 0 Å². The first-order valence-electron chi connectivity index (χ1n) is 9.59. The SMILES string of the molecule is CC/C=C\CC(C)/C=C/C=C\C/C=C\C/C=C\CCCCCC. The minimum absolute atomic E-state index is 0.625. The predicted octanol–water partition coefficient (Wildman–Crippen LogP) is 7.95. The zero-order valence-corrected chi connectivity index (χ0v) is 15.7. The molecule has 0 aliphatic heterocycles. The molecule has 1 unspecified atom stereocenters. The summed E-state index contributed by atoms with van der Waals surface area (Å²) >= 11 is 0. The zero-order valence-electron chi connectivity index (χ0n) is 15.7. The van der Waals surface area contributed by atoms with Gasteiger partial charge in [-0.05, 0) is 44.4 Å². The van der Waals surface area contributed by atoms with Gasteiger partial charge < -0.3 is 0 Å². The highest BCUT2D eigenvalue weighted by molar-refractivity contribution is 5.07. The number of hydrogen-bond acceptors (Lipinski definition) is 0. The summed E-state index contributed by atoms with van der Waals surface area (Å²) in [6.45, 7) is 6.70. The van der Waals surface area contributed by atoms with Crippen molar-refractivity contribution >= 4 is 0 Å². The van der Waals surface area contributed by atoms with Crippen molar-refractivity contribution in [2.75, 3.05) is 0 Å². The van der Waals surface area contributed by atoms with Crippen LogP contribution in [0.2, 0.25) is 0 Å².